The van der Waals surface area contributed by atoms with Crippen LogP contribution in [0.1, 0.15) is 21.5 Å². The number of nitrogens with one attached hydrogen (secondary N) is 1. The maximum atomic E-state index is 12.8. The molecule has 29 heavy (non-hydrogen) atoms. The second kappa shape index (κ2) is 7.83. The van der Waals surface area contributed by atoms with E-state index in [1.807, 2.05) is 0 Å². The summed E-state index contributed by atoms with van der Waals surface area (Å²) in [4.78, 5) is 38.1. The van der Waals surface area contributed by atoms with Crippen LogP contribution in [0.25, 0.3) is 0 Å². The summed E-state index contributed by atoms with van der Waals surface area (Å²) in [7, 11) is 0. The van der Waals surface area contributed by atoms with Crippen LogP contribution in [0.3, 0.4) is 0 Å². The summed E-state index contributed by atoms with van der Waals surface area (Å²) in [6.45, 7) is -0.174. The SMILES string of the molecule is O=C(Nc1ncc([N+](=O)[O-])s1)c1ccc(=O)n(Cc2cccc(C(F)(F)F)c2)c1. The topological polar surface area (TPSA) is 107 Å². The number of nitrogens with zero attached hydrogens (tertiary/aromatic N) is 3. The van der Waals surface area contributed by atoms with Crippen LogP contribution in [0.4, 0.5) is 23.3 Å². The number of benzene rings is 1. The second-order valence-corrected chi connectivity index (χ2v) is 6.81. The normalized spacial score (nSPS) is 11.3. The van der Waals surface area contributed by atoms with Gasteiger partial charge in [0.2, 0.25) is 0 Å². The molecule has 0 radical (unpaired) electrons. The van der Waals surface area contributed by atoms with Crippen molar-refractivity contribution in [3.8, 4) is 0 Å². The number of hydrogen-bond acceptors (Lipinski definition) is 6. The number of rotatable bonds is 5. The van der Waals surface area contributed by atoms with Crippen molar-refractivity contribution in [3.63, 3.8) is 0 Å². The van der Waals surface area contributed by atoms with E-state index in [4.69, 9.17) is 0 Å². The quantitative estimate of drug-likeness (QED) is 0.498. The van der Waals surface area contributed by atoms with Crippen LogP contribution in [-0.4, -0.2) is 20.4 Å². The van der Waals surface area contributed by atoms with Gasteiger partial charge in [0, 0.05) is 12.3 Å². The van der Waals surface area contributed by atoms with Crippen LogP contribution in [-0.2, 0) is 12.7 Å². The third-order valence-electron chi connectivity index (χ3n) is 3.75. The van der Waals surface area contributed by atoms with Crippen molar-refractivity contribution < 1.29 is 22.9 Å². The smallest absolute Gasteiger partial charge is 0.310 e. The van der Waals surface area contributed by atoms with Gasteiger partial charge in [-0.2, -0.15) is 13.2 Å². The van der Waals surface area contributed by atoms with Crippen LogP contribution >= 0.6 is 11.3 Å². The van der Waals surface area contributed by atoms with Crippen molar-refractivity contribution in [1.82, 2.24) is 9.55 Å². The Hall–Kier alpha value is -3.54. The van der Waals surface area contributed by atoms with Gasteiger partial charge in [-0.25, -0.2) is 4.98 Å². The van der Waals surface area contributed by atoms with Crippen molar-refractivity contribution in [2.75, 3.05) is 5.32 Å². The Bertz CT molecular complexity index is 1140. The Kier molecular flexibility index (Phi) is 5.46. The number of anilines is 1. The summed E-state index contributed by atoms with van der Waals surface area (Å²) in [6.07, 6.45) is -2.33. The molecule has 0 bridgehead atoms. The number of thiazole rings is 1. The van der Waals surface area contributed by atoms with E-state index >= 15 is 0 Å². The molecule has 0 aliphatic carbocycles. The lowest BCUT2D eigenvalue weighted by Crippen LogP contribution is -2.22. The number of alkyl halides is 3. The predicted molar refractivity (Wildman–Crippen MR) is 98.0 cm³/mol. The Labute approximate surface area is 164 Å². The molecule has 3 aromatic rings. The molecule has 2 heterocycles. The van der Waals surface area contributed by atoms with Gasteiger partial charge in [-0.05, 0) is 35.1 Å². The lowest BCUT2D eigenvalue weighted by atomic mass is 10.1. The molecule has 1 amide bonds. The fourth-order valence-electron chi connectivity index (χ4n) is 2.41. The van der Waals surface area contributed by atoms with Gasteiger partial charge >= 0.3 is 11.2 Å². The van der Waals surface area contributed by atoms with Crippen molar-refractivity contribution in [3.05, 3.63) is 86.0 Å². The molecule has 0 saturated carbocycles. The molecular weight excluding hydrogens is 413 g/mol. The summed E-state index contributed by atoms with van der Waals surface area (Å²) in [5, 5.41) is 12.8. The number of carbonyl (C=O) groups excluding carboxylic acids is 1. The Morgan fingerprint density at radius 1 is 1.28 bits per heavy atom. The van der Waals surface area contributed by atoms with Gasteiger partial charge in [-0.15, -0.1) is 0 Å². The monoisotopic (exact) mass is 424 g/mol. The summed E-state index contributed by atoms with van der Waals surface area (Å²) in [5.74, 6) is -0.674. The van der Waals surface area contributed by atoms with Crippen LogP contribution < -0.4 is 10.9 Å². The summed E-state index contributed by atoms with van der Waals surface area (Å²) in [6, 6.07) is 6.85. The lowest BCUT2D eigenvalue weighted by Gasteiger charge is -2.11. The molecule has 0 unspecified atom stereocenters. The minimum Gasteiger partial charge on any atom is -0.310 e. The van der Waals surface area contributed by atoms with Gasteiger partial charge in [0.25, 0.3) is 11.5 Å². The zero-order chi connectivity index (χ0) is 21.2. The minimum atomic E-state index is -4.51. The number of pyridine rings is 1. The van der Waals surface area contributed by atoms with E-state index in [0.717, 1.165) is 29.0 Å². The molecule has 2 aromatic heterocycles. The molecule has 12 heteroatoms. The number of nitro groups is 1. The highest BCUT2D eigenvalue weighted by atomic mass is 32.1. The first-order chi connectivity index (χ1) is 13.6. The summed E-state index contributed by atoms with van der Waals surface area (Å²) >= 11 is 0.661. The molecule has 1 N–H and O–H groups in total. The first-order valence-electron chi connectivity index (χ1n) is 7.91. The molecule has 0 saturated heterocycles. The standard InChI is InChI=1S/C17H11F3N4O4S/c18-17(19,20)12-3-1-2-10(6-12)8-23-9-11(4-5-13(23)25)15(26)22-16-21-7-14(29-16)24(27)28/h1-7,9H,8H2,(H,21,22,26). The molecule has 0 aliphatic rings. The number of aromatic nitrogens is 2. The van der Waals surface area contributed by atoms with Crippen molar-refractivity contribution in [1.29, 1.82) is 0 Å². The first-order valence-corrected chi connectivity index (χ1v) is 8.73. The van der Waals surface area contributed by atoms with E-state index in [1.165, 1.54) is 24.4 Å². The molecule has 0 atom stereocenters. The van der Waals surface area contributed by atoms with Gasteiger partial charge in [-0.3, -0.25) is 25.0 Å². The number of hydrogen-bond donors (Lipinski definition) is 1. The average Bonchev–Trinajstić information content (AvgIpc) is 3.12. The van der Waals surface area contributed by atoms with E-state index in [-0.39, 0.29) is 27.8 Å². The fourth-order valence-corrected chi connectivity index (χ4v) is 3.04. The van der Waals surface area contributed by atoms with Gasteiger partial charge in [0.1, 0.15) is 6.20 Å². The van der Waals surface area contributed by atoms with Crippen LogP contribution in [0.5, 0.6) is 0 Å². The largest absolute Gasteiger partial charge is 0.416 e. The third kappa shape index (κ3) is 4.85. The zero-order valence-corrected chi connectivity index (χ0v) is 15.2. The molecule has 1 aromatic carbocycles. The maximum Gasteiger partial charge on any atom is 0.416 e. The van der Waals surface area contributed by atoms with Crippen molar-refractivity contribution >= 4 is 27.4 Å². The maximum absolute atomic E-state index is 12.8. The second-order valence-electron chi connectivity index (χ2n) is 5.80. The van der Waals surface area contributed by atoms with E-state index < -0.39 is 28.1 Å². The van der Waals surface area contributed by atoms with E-state index in [0.29, 0.717) is 11.3 Å². The average molecular weight is 424 g/mol. The predicted octanol–water partition coefficient (Wildman–Crippen LogP) is 3.53. The molecule has 0 fully saturated rings. The molecule has 0 aliphatic heterocycles. The Balaban J connectivity index is 1.81. The Morgan fingerprint density at radius 3 is 2.69 bits per heavy atom. The number of carbonyl (C=O) groups is 1. The summed E-state index contributed by atoms with van der Waals surface area (Å²) < 4.78 is 39.6. The van der Waals surface area contributed by atoms with E-state index in [9.17, 15) is 32.9 Å². The molecule has 3 rings (SSSR count). The van der Waals surface area contributed by atoms with Crippen molar-refractivity contribution in [2.24, 2.45) is 0 Å². The van der Waals surface area contributed by atoms with Crippen LogP contribution in [0.2, 0.25) is 0 Å². The molecule has 8 nitrogen and oxygen atoms in total. The first kappa shape index (κ1) is 20.2. The molecule has 0 spiro atoms. The highest BCUT2D eigenvalue weighted by Gasteiger charge is 2.30. The third-order valence-corrected chi connectivity index (χ3v) is 4.61. The minimum absolute atomic E-state index is 0.00247. The zero-order valence-electron chi connectivity index (χ0n) is 14.3. The number of amides is 1. The lowest BCUT2D eigenvalue weighted by molar-refractivity contribution is -0.380. The fraction of sp³-hybridized carbons (Fsp3) is 0.118. The van der Waals surface area contributed by atoms with Crippen molar-refractivity contribution in [2.45, 2.75) is 12.7 Å². The van der Waals surface area contributed by atoms with Gasteiger partial charge in [0.05, 0.1) is 22.6 Å². The van der Waals surface area contributed by atoms with E-state index in [2.05, 4.69) is 10.3 Å². The molecule has 150 valence electrons. The van der Waals surface area contributed by atoms with Crippen LogP contribution in [0, 0.1) is 10.1 Å². The van der Waals surface area contributed by atoms with Crippen LogP contribution in [0.15, 0.2) is 53.6 Å². The van der Waals surface area contributed by atoms with Gasteiger partial charge in [0.15, 0.2) is 5.13 Å². The summed E-state index contributed by atoms with van der Waals surface area (Å²) in [5.41, 5.74) is -1.09. The number of halogens is 3. The van der Waals surface area contributed by atoms with Gasteiger partial charge < -0.3 is 4.57 Å². The highest BCUT2D eigenvalue weighted by Crippen LogP contribution is 2.29. The highest BCUT2D eigenvalue weighted by molar-refractivity contribution is 7.18. The molecular formula is C17H11F3N4O4S. The van der Waals surface area contributed by atoms with E-state index in [1.54, 1.807) is 0 Å². The van der Waals surface area contributed by atoms with Gasteiger partial charge in [-0.1, -0.05) is 12.1 Å². The Morgan fingerprint density at radius 2 is 2.03 bits per heavy atom.